The molecule has 5 aliphatic rings. The number of pyridine rings is 2. The quantitative estimate of drug-likeness (QED) is 0.0476. The number of fused-ring (bicyclic) bond motifs is 7. The highest BCUT2D eigenvalue weighted by Crippen LogP contribution is 2.34. The minimum atomic E-state index is -0.0883. The van der Waals surface area contributed by atoms with Crippen molar-refractivity contribution in [2.75, 3.05) is 0 Å². The number of aromatic nitrogens is 12. The van der Waals surface area contributed by atoms with Crippen molar-refractivity contribution in [1.29, 1.82) is 0 Å². The van der Waals surface area contributed by atoms with Gasteiger partial charge in [-0.3, -0.25) is 58.9 Å². The van der Waals surface area contributed by atoms with Gasteiger partial charge < -0.3 is 24.9 Å². The molecule has 0 saturated carbocycles. The van der Waals surface area contributed by atoms with Crippen LogP contribution < -0.4 is 27.8 Å². The van der Waals surface area contributed by atoms with E-state index in [-0.39, 0.29) is 27.8 Å². The zero-order chi connectivity index (χ0) is 88.7. The van der Waals surface area contributed by atoms with Crippen LogP contribution in [-0.4, -0.2) is 88.4 Å². The molecule has 12 heterocycles. The van der Waals surface area contributed by atoms with Gasteiger partial charge in [-0.2, -0.15) is 0 Å². The van der Waals surface area contributed by atoms with Crippen LogP contribution in [0.2, 0.25) is 0 Å². The molecule has 5 N–H and O–H groups in total. The van der Waals surface area contributed by atoms with E-state index in [1.807, 2.05) is 134 Å². The summed E-state index contributed by atoms with van der Waals surface area (Å²) < 4.78 is 0. The lowest BCUT2D eigenvalue weighted by molar-refractivity contribution is 0.896. The Kier molecular flexibility index (Phi) is 25.7. The molecule has 0 spiro atoms. The maximum atomic E-state index is 12.2. The molecule has 0 saturated heterocycles. The van der Waals surface area contributed by atoms with Gasteiger partial charge in [0, 0.05) is 145 Å². The molecule has 7 aromatic heterocycles. The number of hydrogen-bond acceptors (Lipinski definition) is 17. The summed E-state index contributed by atoms with van der Waals surface area (Å²) in [5.74, 6) is 3.56. The lowest BCUT2D eigenvalue weighted by atomic mass is 10.0. The van der Waals surface area contributed by atoms with E-state index < -0.39 is 0 Å². The molecule has 0 fully saturated rings. The van der Waals surface area contributed by atoms with Crippen LogP contribution in [0.3, 0.4) is 0 Å². The maximum Gasteiger partial charge on any atom is 0.258 e. The second kappa shape index (κ2) is 39.5. The molecule has 638 valence electrons. The van der Waals surface area contributed by atoms with Crippen molar-refractivity contribution >= 4 is 133 Å². The van der Waals surface area contributed by atoms with E-state index in [9.17, 15) is 24.0 Å². The molecule has 22 rings (SSSR count). The molecule has 22 nitrogen and oxygen atoms in total. The Morgan fingerprint density at radius 2 is 0.577 bits per heavy atom. The van der Waals surface area contributed by atoms with Crippen LogP contribution in [0.5, 0.6) is 0 Å². The molecule has 0 atom stereocenters. The predicted molar refractivity (Wildman–Crippen MR) is 526 cm³/mol. The van der Waals surface area contributed by atoms with Gasteiger partial charge in [-0.1, -0.05) is 206 Å². The number of hydrogen-bond donors (Lipinski definition) is 5. The van der Waals surface area contributed by atoms with Crippen LogP contribution in [0.15, 0.2) is 353 Å². The minimum absolute atomic E-state index is 0.0762. The molecule has 0 aliphatic carbocycles. The van der Waals surface area contributed by atoms with Gasteiger partial charge in [-0.25, -0.2) is 24.9 Å². The molecule has 0 bridgehead atoms. The van der Waals surface area contributed by atoms with Crippen molar-refractivity contribution in [2.24, 2.45) is 25.0 Å². The van der Waals surface area contributed by atoms with Crippen molar-refractivity contribution in [2.45, 2.75) is 110 Å². The number of nitrogens with one attached hydrogen (secondary N) is 5. The second-order valence-electron chi connectivity index (χ2n) is 32.3. The smallest absolute Gasteiger partial charge is 0.258 e. The fraction of sp³-hybridized carbons (Fsp3) is 0.157. The highest BCUT2D eigenvalue weighted by atomic mass is 16.1. The predicted octanol–water partition coefficient (Wildman–Crippen LogP) is 20.4. The molecule has 22 heteroatoms. The van der Waals surface area contributed by atoms with Crippen LogP contribution >= 0.6 is 0 Å². The van der Waals surface area contributed by atoms with E-state index in [4.69, 9.17) is 20.0 Å². The van der Waals surface area contributed by atoms with Crippen LogP contribution in [0, 0.1) is 13.8 Å². The summed E-state index contributed by atoms with van der Waals surface area (Å²) in [6.07, 6.45) is 27.7. The van der Waals surface area contributed by atoms with Crippen molar-refractivity contribution in [3.05, 3.63) is 424 Å². The number of nitrogens with zero attached hydrogens (tertiary/aromatic N) is 12. The molecule has 10 aromatic carbocycles. The normalized spacial score (nSPS) is 13.8. The summed E-state index contributed by atoms with van der Waals surface area (Å²) in [4.78, 5) is 131. The van der Waals surface area contributed by atoms with E-state index >= 15 is 0 Å². The number of para-hydroxylation sites is 6. The van der Waals surface area contributed by atoms with Gasteiger partial charge in [0.05, 0.1) is 88.5 Å². The lowest BCUT2D eigenvalue weighted by Crippen LogP contribution is -2.12. The van der Waals surface area contributed by atoms with Crippen LogP contribution in [0.4, 0.5) is 0 Å². The molecule has 17 aromatic rings. The van der Waals surface area contributed by atoms with Crippen LogP contribution in [-0.2, 0) is 32.1 Å². The van der Waals surface area contributed by atoms with Crippen molar-refractivity contribution < 1.29 is 0 Å². The Morgan fingerprint density at radius 1 is 0.262 bits per heavy atom. The van der Waals surface area contributed by atoms with Crippen LogP contribution in [0.1, 0.15) is 132 Å². The summed E-state index contributed by atoms with van der Waals surface area (Å²) in [6, 6.07) is 82.6. The molecular weight excluding hydrogens is 1620 g/mol. The highest BCUT2D eigenvalue weighted by Gasteiger charge is 2.21. The number of aryl methyl sites for hydroxylation is 7. The zero-order valence-electron chi connectivity index (χ0n) is 71.9. The SMILES string of the molecule is Cc1cccc(C2=CCC(CCc3nc4ccccc4c(=O)[nH]3)=N2)c1.Cc1ccccc1C1=CCC(CCc2nc3ccccc3c(=O)[nH]2)=N1.O=c1[nH]c(CCC2=NC(c3cccc4ccccc34)=CC2)nc2ccccc12.O=c1[nH]c(CCC2=NC(c3cccc4cccnc34)=CC2)nc2ccccc12.O=c1[nH]c(CCC2=NC(c3ccncc3)=CC2)nc2ccccc12. The highest BCUT2D eigenvalue weighted by molar-refractivity contribution is 6.03. The Balaban J connectivity index is 0.000000110. The van der Waals surface area contributed by atoms with Gasteiger partial charge >= 0.3 is 0 Å². The van der Waals surface area contributed by atoms with Gasteiger partial charge in [0.25, 0.3) is 27.8 Å². The van der Waals surface area contributed by atoms with E-state index in [2.05, 4.69) is 206 Å². The largest absolute Gasteiger partial charge is 0.310 e. The number of H-pyrrole nitrogens is 5. The molecule has 130 heavy (non-hydrogen) atoms. The summed E-state index contributed by atoms with van der Waals surface area (Å²) in [5, 5.41) is 6.70. The third kappa shape index (κ3) is 20.3. The number of benzene rings is 10. The topological polar surface area (TPSA) is 316 Å². The van der Waals surface area contributed by atoms with E-state index in [0.717, 1.165) is 188 Å². The lowest BCUT2D eigenvalue weighted by Gasteiger charge is -2.06. The number of rotatable bonds is 20. The number of aliphatic imine (C=N–C) groups is 5. The number of allylic oxidation sites excluding steroid dienone is 5. The van der Waals surface area contributed by atoms with Crippen molar-refractivity contribution in [1.82, 2.24) is 59.8 Å². The average Bonchev–Trinajstić information content (AvgIpc) is 1.59. The first-order valence-corrected chi connectivity index (χ1v) is 43.8. The third-order valence-corrected chi connectivity index (χ3v) is 23.3. The summed E-state index contributed by atoms with van der Waals surface area (Å²) >= 11 is 0. The maximum absolute atomic E-state index is 12.2. The van der Waals surface area contributed by atoms with Gasteiger partial charge in [0.2, 0.25) is 0 Å². The molecular formula is C108H91N17O5. The Morgan fingerprint density at radius 3 is 1.00 bits per heavy atom. The van der Waals surface area contributed by atoms with E-state index in [1.54, 1.807) is 42.7 Å². The minimum Gasteiger partial charge on any atom is -0.310 e. The van der Waals surface area contributed by atoms with Gasteiger partial charge in [-0.05, 0) is 147 Å². The fourth-order valence-corrected chi connectivity index (χ4v) is 16.6. The monoisotopic (exact) mass is 1710 g/mol. The van der Waals surface area contributed by atoms with Crippen molar-refractivity contribution in [3.63, 3.8) is 0 Å². The average molecular weight is 1710 g/mol. The van der Waals surface area contributed by atoms with Crippen molar-refractivity contribution in [3.8, 4) is 0 Å². The van der Waals surface area contributed by atoms with Gasteiger partial charge in [0.15, 0.2) is 0 Å². The fourth-order valence-electron chi connectivity index (χ4n) is 16.6. The van der Waals surface area contributed by atoms with Crippen LogP contribution in [0.25, 0.3) is 105 Å². The summed E-state index contributed by atoms with van der Waals surface area (Å²) in [7, 11) is 0. The van der Waals surface area contributed by atoms with E-state index in [1.165, 1.54) is 33.0 Å². The first-order valence-electron chi connectivity index (χ1n) is 43.8. The molecule has 5 aliphatic heterocycles. The molecule has 0 unspecified atom stereocenters. The Hall–Kier alpha value is -16.2. The Bertz CT molecular complexity index is 7680. The third-order valence-electron chi connectivity index (χ3n) is 23.3. The molecule has 0 amide bonds. The number of aromatic amines is 5. The van der Waals surface area contributed by atoms with Gasteiger partial charge in [0.1, 0.15) is 29.1 Å². The standard InChI is InChI=1S/C24H19N3O.C23H18N4O.2C21H19N3O.C19H16N4O/c28-24-20-9-3-4-11-21(20)26-23(27-24)15-13-17-12-14-22(25-17)19-10-5-7-16-6-1-2-8-18(16)19;28-23-18-7-1-2-9-19(18)26-21(27-23)13-11-16-10-12-20(25-16)17-8-3-5-15-6-4-14-24-22(15)17;1-14-5-4-6-15(13-14)18-11-9-16(22-18)10-12-20-23-19-8-3-2-7-17(19)21(25)24-20;1-14-6-2-3-7-16(14)19-12-10-15(22-19)11-13-20-23-18-9-5-4-8-17(18)21(25)24-20;24-19-15-3-1-2-4-17(15)22-18(23-19)8-6-14-5-7-16(21-14)13-9-11-20-12-10-13/h1-11,14H,12-13,15H2,(H,26,27,28);1-9,12,14H,10-11,13H2,(H,26,27,28);2-8,11,13H,9-10,12H2,1H3,(H,23,24,25);2-9,12H,10-11,13H2,1H3,(H,23,24,25);1-4,7,9-12H,5-6,8H2,(H,22,23,24). The Labute approximate surface area is 747 Å². The summed E-state index contributed by atoms with van der Waals surface area (Å²) in [5.41, 5.74) is 23.1. The van der Waals surface area contributed by atoms with Gasteiger partial charge in [-0.15, -0.1) is 0 Å². The molecule has 0 radical (unpaired) electrons. The van der Waals surface area contributed by atoms with E-state index in [0.29, 0.717) is 76.5 Å². The summed E-state index contributed by atoms with van der Waals surface area (Å²) in [6.45, 7) is 4.19. The second-order valence-corrected chi connectivity index (χ2v) is 32.3. The zero-order valence-corrected chi connectivity index (χ0v) is 71.9. The first-order chi connectivity index (χ1) is 63.7. The first kappa shape index (κ1) is 84.6.